The summed E-state index contributed by atoms with van der Waals surface area (Å²) in [6, 6.07) is 0.299. The van der Waals surface area contributed by atoms with Gasteiger partial charge in [-0.15, -0.1) is 0 Å². The molecule has 0 radical (unpaired) electrons. The molecule has 2 atom stereocenters. The third-order valence-corrected chi connectivity index (χ3v) is 5.06. The summed E-state index contributed by atoms with van der Waals surface area (Å²) in [5.41, 5.74) is 11.6. The Balaban J connectivity index is 0.000000555. The van der Waals surface area contributed by atoms with Crippen LogP contribution < -0.4 is 16.8 Å². The highest BCUT2D eigenvalue weighted by Crippen LogP contribution is 2.14. The molecule has 0 aromatic rings. The lowest BCUT2D eigenvalue weighted by Crippen LogP contribution is -2.46. The van der Waals surface area contributed by atoms with Crippen LogP contribution in [0.4, 0.5) is 0 Å². The van der Waals surface area contributed by atoms with Gasteiger partial charge in [-0.25, -0.2) is 0 Å². The van der Waals surface area contributed by atoms with Crippen molar-refractivity contribution < 1.29 is 24.6 Å². The van der Waals surface area contributed by atoms with Crippen LogP contribution in [0.3, 0.4) is 0 Å². The number of aliphatic carboxylic acids is 2. The molecule has 1 aliphatic rings. The van der Waals surface area contributed by atoms with Gasteiger partial charge in [0, 0.05) is 31.3 Å². The van der Waals surface area contributed by atoms with E-state index in [-0.39, 0.29) is 30.8 Å². The van der Waals surface area contributed by atoms with E-state index in [0.29, 0.717) is 19.3 Å². The number of hydrogen-bond acceptors (Lipinski definition) is 5. The Labute approximate surface area is 174 Å². The zero-order valence-electron chi connectivity index (χ0n) is 17.7. The fourth-order valence-corrected chi connectivity index (χ4v) is 3.31. The maximum Gasteiger partial charge on any atom is 0.303 e. The molecular weight excluding hydrogens is 374 g/mol. The smallest absolute Gasteiger partial charge is 0.303 e. The van der Waals surface area contributed by atoms with Crippen LogP contribution in [0, 0.1) is 0 Å². The molecule has 0 spiro atoms. The van der Waals surface area contributed by atoms with E-state index in [2.05, 4.69) is 5.32 Å². The highest BCUT2D eigenvalue weighted by molar-refractivity contribution is 5.76. The Bertz CT molecular complexity index is 442. The van der Waals surface area contributed by atoms with Crippen molar-refractivity contribution >= 4 is 17.8 Å². The molecule has 0 aromatic carbocycles. The number of unbranched alkanes of at least 4 members (excludes halogenated alkanes) is 6. The molecular formula is C21H41N3O5. The SMILES string of the molecule is NCCCCCC(N)C1CCCCC(=O)N1.O=C(O)CCCCCCCC(=O)O. The van der Waals surface area contributed by atoms with Crippen LogP contribution in [0.5, 0.6) is 0 Å². The van der Waals surface area contributed by atoms with E-state index in [1.165, 1.54) is 0 Å². The van der Waals surface area contributed by atoms with Crippen LogP contribution >= 0.6 is 0 Å². The van der Waals surface area contributed by atoms with E-state index in [1.54, 1.807) is 0 Å². The van der Waals surface area contributed by atoms with E-state index in [9.17, 15) is 14.4 Å². The van der Waals surface area contributed by atoms with E-state index < -0.39 is 11.9 Å². The van der Waals surface area contributed by atoms with Gasteiger partial charge in [-0.1, -0.05) is 38.5 Å². The van der Waals surface area contributed by atoms with E-state index in [4.69, 9.17) is 21.7 Å². The predicted molar refractivity (Wildman–Crippen MR) is 113 cm³/mol. The molecule has 1 amide bonds. The first-order chi connectivity index (χ1) is 13.9. The van der Waals surface area contributed by atoms with Gasteiger partial charge in [0.1, 0.15) is 0 Å². The lowest BCUT2D eigenvalue weighted by atomic mass is 9.98. The summed E-state index contributed by atoms with van der Waals surface area (Å²) in [6.45, 7) is 0.759. The zero-order valence-corrected chi connectivity index (χ0v) is 17.7. The average Bonchev–Trinajstić information content (AvgIpc) is 2.89. The number of carbonyl (C=O) groups is 3. The maximum absolute atomic E-state index is 11.4. The largest absolute Gasteiger partial charge is 0.481 e. The van der Waals surface area contributed by atoms with E-state index in [1.807, 2.05) is 0 Å². The van der Waals surface area contributed by atoms with Gasteiger partial charge < -0.3 is 27.0 Å². The second kappa shape index (κ2) is 18.4. The quantitative estimate of drug-likeness (QED) is 0.273. The summed E-state index contributed by atoms with van der Waals surface area (Å²) >= 11 is 0. The fourth-order valence-electron chi connectivity index (χ4n) is 3.31. The van der Waals surface area contributed by atoms with Gasteiger partial charge in [0.2, 0.25) is 5.91 Å². The van der Waals surface area contributed by atoms with Gasteiger partial charge in [-0.05, 0) is 45.1 Å². The van der Waals surface area contributed by atoms with E-state index >= 15 is 0 Å². The zero-order chi connectivity index (χ0) is 21.9. The molecule has 1 rings (SSSR count). The van der Waals surface area contributed by atoms with Crippen molar-refractivity contribution in [2.45, 2.75) is 108 Å². The van der Waals surface area contributed by atoms with Crippen molar-refractivity contribution in [1.29, 1.82) is 0 Å². The third kappa shape index (κ3) is 18.1. The van der Waals surface area contributed by atoms with Crippen LogP contribution in [-0.2, 0) is 14.4 Å². The summed E-state index contributed by atoms with van der Waals surface area (Å²) in [5, 5.41) is 19.7. The summed E-state index contributed by atoms with van der Waals surface area (Å²) < 4.78 is 0. The molecule has 1 heterocycles. The number of hydrogen-bond donors (Lipinski definition) is 5. The standard InChI is InChI=1S/C12H25N3O.C9H16O4/c13-9-5-1-2-6-10(14)11-7-3-4-8-12(16)15-11;10-8(11)6-4-2-1-3-5-7-9(12)13/h10-11H,1-9,13-14H2,(H,15,16);1-7H2,(H,10,11)(H,12,13). The second-order valence-electron chi connectivity index (χ2n) is 7.78. The molecule has 0 aromatic heterocycles. The normalized spacial score (nSPS) is 17.4. The lowest BCUT2D eigenvalue weighted by Gasteiger charge is -2.23. The van der Waals surface area contributed by atoms with Crippen molar-refractivity contribution in [3.05, 3.63) is 0 Å². The van der Waals surface area contributed by atoms with Crippen LogP contribution in [0.1, 0.15) is 96.3 Å². The van der Waals surface area contributed by atoms with Crippen molar-refractivity contribution in [2.75, 3.05) is 6.54 Å². The Morgan fingerprint density at radius 2 is 1.48 bits per heavy atom. The van der Waals surface area contributed by atoms with Gasteiger partial charge in [0.15, 0.2) is 0 Å². The van der Waals surface area contributed by atoms with Gasteiger partial charge in [0.25, 0.3) is 0 Å². The first kappa shape index (κ1) is 27.3. The lowest BCUT2D eigenvalue weighted by molar-refractivity contribution is -0.138. The van der Waals surface area contributed by atoms with Gasteiger partial charge >= 0.3 is 11.9 Å². The van der Waals surface area contributed by atoms with Crippen LogP contribution in [-0.4, -0.2) is 46.7 Å². The molecule has 8 heteroatoms. The molecule has 0 saturated carbocycles. The van der Waals surface area contributed by atoms with Gasteiger partial charge in [-0.3, -0.25) is 14.4 Å². The highest BCUT2D eigenvalue weighted by Gasteiger charge is 2.21. The minimum Gasteiger partial charge on any atom is -0.481 e. The number of nitrogens with two attached hydrogens (primary N) is 2. The minimum atomic E-state index is -0.759. The van der Waals surface area contributed by atoms with Crippen molar-refractivity contribution in [1.82, 2.24) is 5.32 Å². The monoisotopic (exact) mass is 415 g/mol. The number of carbonyl (C=O) groups excluding carboxylic acids is 1. The molecule has 0 aliphatic carbocycles. The molecule has 1 fully saturated rings. The number of nitrogens with one attached hydrogen (secondary N) is 1. The van der Waals surface area contributed by atoms with Gasteiger partial charge in [0.05, 0.1) is 0 Å². The van der Waals surface area contributed by atoms with E-state index in [0.717, 1.165) is 70.8 Å². The fraction of sp³-hybridized carbons (Fsp3) is 0.857. The molecule has 29 heavy (non-hydrogen) atoms. The number of carboxylic acid groups (broad SMARTS) is 2. The minimum absolute atomic E-state index is 0.111. The van der Waals surface area contributed by atoms with Crippen molar-refractivity contribution in [3.8, 4) is 0 Å². The average molecular weight is 416 g/mol. The Morgan fingerprint density at radius 1 is 0.931 bits per heavy atom. The van der Waals surface area contributed by atoms with Crippen LogP contribution in [0.15, 0.2) is 0 Å². The summed E-state index contributed by atoms with van der Waals surface area (Å²) in [4.78, 5) is 31.6. The predicted octanol–water partition coefficient (Wildman–Crippen LogP) is 2.78. The van der Waals surface area contributed by atoms with Crippen LogP contribution in [0.2, 0.25) is 0 Å². The molecule has 0 bridgehead atoms. The summed E-state index contributed by atoms with van der Waals surface area (Å²) in [7, 11) is 0. The highest BCUT2D eigenvalue weighted by atomic mass is 16.4. The number of amides is 1. The Hall–Kier alpha value is -1.67. The first-order valence-electron chi connectivity index (χ1n) is 11.1. The third-order valence-electron chi connectivity index (χ3n) is 5.06. The maximum atomic E-state index is 11.4. The number of carboxylic acids is 2. The van der Waals surface area contributed by atoms with Crippen molar-refractivity contribution in [3.63, 3.8) is 0 Å². The second-order valence-corrected chi connectivity index (χ2v) is 7.78. The molecule has 170 valence electrons. The molecule has 2 unspecified atom stereocenters. The first-order valence-corrected chi connectivity index (χ1v) is 11.1. The Morgan fingerprint density at radius 3 is 2.03 bits per heavy atom. The van der Waals surface area contributed by atoms with Crippen LogP contribution in [0.25, 0.3) is 0 Å². The summed E-state index contributed by atoms with van der Waals surface area (Å²) in [6.07, 6.45) is 12.7. The van der Waals surface area contributed by atoms with Gasteiger partial charge in [-0.2, -0.15) is 0 Å². The molecule has 1 aliphatic heterocycles. The summed E-state index contributed by atoms with van der Waals surface area (Å²) in [5.74, 6) is -1.35. The Kier molecular flexibility index (Phi) is 17.3. The molecule has 1 saturated heterocycles. The topological polar surface area (TPSA) is 156 Å². The molecule has 8 nitrogen and oxygen atoms in total. The molecule has 7 N–H and O–H groups in total. The number of rotatable bonds is 14. The van der Waals surface area contributed by atoms with Crippen molar-refractivity contribution in [2.24, 2.45) is 11.5 Å².